The number of hydrogen-bond donors (Lipinski definition) is 0. The Morgan fingerprint density at radius 1 is 1.21 bits per heavy atom. The van der Waals surface area contributed by atoms with Crippen molar-refractivity contribution in [1.82, 2.24) is 4.90 Å². The van der Waals surface area contributed by atoms with Crippen LogP contribution < -0.4 is 0 Å². The van der Waals surface area contributed by atoms with Crippen LogP contribution in [0.4, 0.5) is 0 Å². The highest BCUT2D eigenvalue weighted by atomic mass is 15.1. The topological polar surface area (TPSA) is 3.24 Å². The van der Waals surface area contributed by atoms with Crippen LogP contribution in [-0.2, 0) is 6.42 Å². The van der Waals surface area contributed by atoms with E-state index in [2.05, 4.69) is 36.2 Å². The second-order valence-corrected chi connectivity index (χ2v) is 4.40. The minimum absolute atomic E-state index is 1.17. The molecule has 1 heteroatoms. The zero-order valence-corrected chi connectivity index (χ0v) is 8.59. The average molecular weight is 185 g/mol. The molecule has 1 aliphatic carbocycles. The van der Waals surface area contributed by atoms with Crippen molar-refractivity contribution in [2.45, 2.75) is 12.8 Å². The third-order valence-corrected chi connectivity index (χ3v) is 3.38. The molecule has 3 rings (SSSR count). The SMILES string of the molecule is CN1CCC2=C(Cc3ccccc32)C1. The van der Waals surface area contributed by atoms with E-state index in [0.29, 0.717) is 0 Å². The molecule has 0 saturated heterocycles. The Bertz CT molecular complexity index is 403. The van der Waals surface area contributed by atoms with Gasteiger partial charge in [-0.25, -0.2) is 0 Å². The predicted molar refractivity (Wildman–Crippen MR) is 59.2 cm³/mol. The first-order chi connectivity index (χ1) is 6.84. The van der Waals surface area contributed by atoms with Crippen molar-refractivity contribution in [2.75, 3.05) is 20.1 Å². The Hall–Kier alpha value is -1.08. The van der Waals surface area contributed by atoms with E-state index < -0.39 is 0 Å². The number of likely N-dealkylation sites (N-methyl/N-ethyl adjacent to an activating group) is 1. The van der Waals surface area contributed by atoms with Gasteiger partial charge < -0.3 is 4.90 Å². The highest BCUT2D eigenvalue weighted by Crippen LogP contribution is 2.37. The molecule has 0 aromatic heterocycles. The third-order valence-electron chi connectivity index (χ3n) is 3.38. The fourth-order valence-corrected chi connectivity index (χ4v) is 2.67. The molecule has 14 heavy (non-hydrogen) atoms. The lowest BCUT2D eigenvalue weighted by Crippen LogP contribution is -2.26. The van der Waals surface area contributed by atoms with Crippen molar-refractivity contribution in [3.8, 4) is 0 Å². The molecular weight excluding hydrogens is 170 g/mol. The number of fused-ring (bicyclic) bond motifs is 2. The zero-order chi connectivity index (χ0) is 9.54. The molecule has 0 amide bonds. The van der Waals surface area contributed by atoms with Gasteiger partial charge in [-0.15, -0.1) is 0 Å². The van der Waals surface area contributed by atoms with Crippen LogP contribution in [0, 0.1) is 0 Å². The molecule has 0 spiro atoms. The van der Waals surface area contributed by atoms with E-state index in [1.54, 1.807) is 11.1 Å². The van der Waals surface area contributed by atoms with Crippen LogP contribution in [0.15, 0.2) is 29.8 Å². The Morgan fingerprint density at radius 3 is 3.00 bits per heavy atom. The molecule has 0 atom stereocenters. The molecular formula is C13H15N. The lowest BCUT2D eigenvalue weighted by molar-refractivity contribution is 0.358. The summed E-state index contributed by atoms with van der Waals surface area (Å²) in [5.41, 5.74) is 6.35. The molecule has 1 heterocycles. The Morgan fingerprint density at radius 2 is 2.07 bits per heavy atom. The molecule has 72 valence electrons. The fourth-order valence-electron chi connectivity index (χ4n) is 2.67. The van der Waals surface area contributed by atoms with Gasteiger partial charge >= 0.3 is 0 Å². The Kier molecular flexibility index (Phi) is 1.74. The van der Waals surface area contributed by atoms with Crippen LogP contribution in [0.1, 0.15) is 17.5 Å². The van der Waals surface area contributed by atoms with Gasteiger partial charge in [0.25, 0.3) is 0 Å². The monoisotopic (exact) mass is 185 g/mol. The summed E-state index contributed by atoms with van der Waals surface area (Å²) in [7, 11) is 2.22. The van der Waals surface area contributed by atoms with Gasteiger partial charge in [-0.2, -0.15) is 0 Å². The summed E-state index contributed by atoms with van der Waals surface area (Å²) in [5, 5.41) is 0. The van der Waals surface area contributed by atoms with Crippen molar-refractivity contribution in [3.63, 3.8) is 0 Å². The molecule has 1 aromatic carbocycles. The third kappa shape index (κ3) is 1.12. The van der Waals surface area contributed by atoms with E-state index in [1.807, 2.05) is 0 Å². The summed E-state index contributed by atoms with van der Waals surface area (Å²) in [6.07, 6.45) is 2.43. The summed E-state index contributed by atoms with van der Waals surface area (Å²) in [4.78, 5) is 2.42. The molecule has 0 fully saturated rings. The predicted octanol–water partition coefficient (Wildman–Crippen LogP) is 2.33. The summed E-state index contributed by atoms with van der Waals surface area (Å²) in [6, 6.07) is 8.87. The van der Waals surface area contributed by atoms with Gasteiger partial charge in [0.2, 0.25) is 0 Å². The van der Waals surface area contributed by atoms with Crippen LogP contribution in [0.3, 0.4) is 0 Å². The van der Waals surface area contributed by atoms with Crippen LogP contribution in [0.2, 0.25) is 0 Å². The molecule has 1 nitrogen and oxygen atoms in total. The number of rotatable bonds is 0. The lowest BCUT2D eigenvalue weighted by Gasteiger charge is -2.24. The summed E-state index contributed by atoms with van der Waals surface area (Å²) in [6.45, 7) is 2.39. The van der Waals surface area contributed by atoms with E-state index in [-0.39, 0.29) is 0 Å². The van der Waals surface area contributed by atoms with Gasteiger partial charge in [0.1, 0.15) is 0 Å². The summed E-state index contributed by atoms with van der Waals surface area (Å²) >= 11 is 0. The van der Waals surface area contributed by atoms with Gasteiger partial charge in [-0.3, -0.25) is 0 Å². The van der Waals surface area contributed by atoms with Gasteiger partial charge in [-0.1, -0.05) is 24.3 Å². The first-order valence-electron chi connectivity index (χ1n) is 5.32. The molecule has 1 aliphatic heterocycles. The van der Waals surface area contributed by atoms with E-state index >= 15 is 0 Å². The van der Waals surface area contributed by atoms with Crippen LogP contribution >= 0.6 is 0 Å². The second-order valence-electron chi connectivity index (χ2n) is 4.40. The summed E-state index contributed by atoms with van der Waals surface area (Å²) < 4.78 is 0. The smallest absolute Gasteiger partial charge is 0.0199 e. The molecule has 2 aliphatic rings. The first kappa shape index (κ1) is 8.25. The molecule has 0 saturated carbocycles. The van der Waals surface area contributed by atoms with Crippen LogP contribution in [0.25, 0.3) is 5.57 Å². The molecule has 0 N–H and O–H groups in total. The molecule has 0 radical (unpaired) electrons. The quantitative estimate of drug-likeness (QED) is 0.599. The molecule has 0 unspecified atom stereocenters. The van der Waals surface area contributed by atoms with E-state index in [4.69, 9.17) is 0 Å². The van der Waals surface area contributed by atoms with Crippen molar-refractivity contribution in [2.24, 2.45) is 0 Å². The van der Waals surface area contributed by atoms with E-state index in [0.717, 1.165) is 0 Å². The standard InChI is InChI=1S/C13H15N/c1-14-7-6-13-11(9-14)8-10-4-2-3-5-12(10)13/h2-5H,6-9H2,1H3. The van der Waals surface area contributed by atoms with Crippen LogP contribution in [0.5, 0.6) is 0 Å². The first-order valence-corrected chi connectivity index (χ1v) is 5.32. The van der Waals surface area contributed by atoms with Crippen LogP contribution in [-0.4, -0.2) is 25.0 Å². The van der Waals surface area contributed by atoms with Crippen molar-refractivity contribution in [3.05, 3.63) is 41.0 Å². The van der Waals surface area contributed by atoms with E-state index in [1.165, 1.54) is 37.1 Å². The Balaban J connectivity index is 2.05. The van der Waals surface area contributed by atoms with Crippen molar-refractivity contribution < 1.29 is 0 Å². The maximum Gasteiger partial charge on any atom is 0.0199 e. The van der Waals surface area contributed by atoms with Crippen molar-refractivity contribution >= 4 is 5.57 Å². The zero-order valence-electron chi connectivity index (χ0n) is 8.59. The highest BCUT2D eigenvalue weighted by Gasteiger charge is 2.24. The Labute approximate surface area is 85.0 Å². The highest BCUT2D eigenvalue weighted by molar-refractivity contribution is 5.77. The van der Waals surface area contributed by atoms with Gasteiger partial charge in [-0.05, 0) is 42.2 Å². The maximum atomic E-state index is 2.42. The minimum Gasteiger partial charge on any atom is -0.302 e. The molecule has 1 aromatic rings. The normalized spacial score (nSPS) is 20.9. The van der Waals surface area contributed by atoms with Gasteiger partial charge in [0.05, 0.1) is 0 Å². The molecule has 0 bridgehead atoms. The second kappa shape index (κ2) is 2.96. The largest absolute Gasteiger partial charge is 0.302 e. The maximum absolute atomic E-state index is 2.42. The van der Waals surface area contributed by atoms with Gasteiger partial charge in [0.15, 0.2) is 0 Å². The fraction of sp³-hybridized carbons (Fsp3) is 0.385. The number of benzene rings is 1. The number of nitrogens with zero attached hydrogens (tertiary/aromatic N) is 1. The van der Waals surface area contributed by atoms with Crippen molar-refractivity contribution in [1.29, 1.82) is 0 Å². The minimum atomic E-state index is 1.17. The van der Waals surface area contributed by atoms with Gasteiger partial charge in [0, 0.05) is 13.1 Å². The average Bonchev–Trinajstić information content (AvgIpc) is 2.54. The lowest BCUT2D eigenvalue weighted by atomic mass is 10.00. The van der Waals surface area contributed by atoms with E-state index in [9.17, 15) is 0 Å². The number of hydrogen-bond acceptors (Lipinski definition) is 1. The summed E-state index contributed by atoms with van der Waals surface area (Å²) in [5.74, 6) is 0.